The Hall–Kier alpha value is -1.65. The maximum atomic E-state index is 11.6. The largest absolute Gasteiger partial charge is 0.469 e. The SMILES string of the molecule is COC(=O)CC(=O)c1ccnn1C(C)C. The Bertz CT molecular complexity index is 368. The van der Waals surface area contributed by atoms with Gasteiger partial charge in [0.15, 0.2) is 5.78 Å². The number of Topliss-reactive ketones (excluding diaryl/α,β-unsaturated/α-hetero) is 1. The summed E-state index contributed by atoms with van der Waals surface area (Å²) in [6.45, 7) is 3.84. The fourth-order valence-corrected chi connectivity index (χ4v) is 1.24. The highest BCUT2D eigenvalue weighted by Crippen LogP contribution is 2.10. The summed E-state index contributed by atoms with van der Waals surface area (Å²) in [4.78, 5) is 22.6. The van der Waals surface area contributed by atoms with Crippen LogP contribution >= 0.6 is 0 Å². The molecule has 15 heavy (non-hydrogen) atoms. The Morgan fingerprint density at radius 2 is 2.20 bits per heavy atom. The number of esters is 1. The first-order valence-corrected chi connectivity index (χ1v) is 4.69. The second-order valence-corrected chi connectivity index (χ2v) is 3.43. The van der Waals surface area contributed by atoms with Crippen molar-refractivity contribution in [1.29, 1.82) is 0 Å². The number of rotatable bonds is 4. The Morgan fingerprint density at radius 3 is 2.73 bits per heavy atom. The highest BCUT2D eigenvalue weighted by molar-refractivity contribution is 6.04. The van der Waals surface area contributed by atoms with Gasteiger partial charge in [-0.25, -0.2) is 0 Å². The summed E-state index contributed by atoms with van der Waals surface area (Å²) in [6, 6.07) is 1.70. The third-order valence-corrected chi connectivity index (χ3v) is 1.98. The standard InChI is InChI=1S/C10H14N2O3/c1-7(2)12-8(4-5-11-12)9(13)6-10(14)15-3/h4-5,7H,6H2,1-3H3. The van der Waals surface area contributed by atoms with Gasteiger partial charge in [0.2, 0.25) is 0 Å². The lowest BCUT2D eigenvalue weighted by atomic mass is 10.2. The van der Waals surface area contributed by atoms with Gasteiger partial charge in [0, 0.05) is 12.2 Å². The van der Waals surface area contributed by atoms with Crippen LogP contribution in [0.25, 0.3) is 0 Å². The van der Waals surface area contributed by atoms with Gasteiger partial charge in [-0.2, -0.15) is 5.10 Å². The number of carbonyl (C=O) groups excluding carboxylic acids is 2. The van der Waals surface area contributed by atoms with Crippen LogP contribution in [-0.2, 0) is 9.53 Å². The number of carbonyl (C=O) groups is 2. The second-order valence-electron chi connectivity index (χ2n) is 3.43. The van der Waals surface area contributed by atoms with Crippen molar-refractivity contribution in [2.45, 2.75) is 26.3 Å². The van der Waals surface area contributed by atoms with Crippen LogP contribution in [0.4, 0.5) is 0 Å². The fraction of sp³-hybridized carbons (Fsp3) is 0.500. The molecule has 0 aromatic carbocycles. The molecule has 0 bridgehead atoms. The van der Waals surface area contributed by atoms with E-state index in [-0.39, 0.29) is 18.2 Å². The minimum Gasteiger partial charge on any atom is -0.469 e. The quantitative estimate of drug-likeness (QED) is 0.425. The van der Waals surface area contributed by atoms with Gasteiger partial charge in [-0.1, -0.05) is 0 Å². The van der Waals surface area contributed by atoms with Crippen molar-refractivity contribution >= 4 is 11.8 Å². The third-order valence-electron chi connectivity index (χ3n) is 1.98. The zero-order valence-corrected chi connectivity index (χ0v) is 9.06. The average Bonchev–Trinajstić information content (AvgIpc) is 2.65. The normalized spacial score (nSPS) is 10.4. The van der Waals surface area contributed by atoms with Crippen molar-refractivity contribution in [3.05, 3.63) is 18.0 Å². The first-order valence-electron chi connectivity index (χ1n) is 4.69. The van der Waals surface area contributed by atoms with Gasteiger partial charge in [-0.05, 0) is 19.9 Å². The first-order chi connectivity index (χ1) is 7.06. The minimum atomic E-state index is -0.531. The first kappa shape index (κ1) is 11.4. The number of ether oxygens (including phenoxy) is 1. The molecule has 0 unspecified atom stereocenters. The van der Waals surface area contributed by atoms with Gasteiger partial charge >= 0.3 is 5.97 Å². The maximum Gasteiger partial charge on any atom is 0.313 e. The Morgan fingerprint density at radius 1 is 1.53 bits per heavy atom. The van der Waals surface area contributed by atoms with E-state index in [0.29, 0.717) is 5.69 Å². The molecule has 0 atom stereocenters. The fourth-order valence-electron chi connectivity index (χ4n) is 1.24. The van der Waals surface area contributed by atoms with Crippen LogP contribution in [-0.4, -0.2) is 28.6 Å². The number of nitrogens with zero attached hydrogens (tertiary/aromatic N) is 2. The zero-order chi connectivity index (χ0) is 11.4. The molecule has 0 spiro atoms. The molecule has 1 heterocycles. The monoisotopic (exact) mass is 210 g/mol. The van der Waals surface area contributed by atoms with Crippen LogP contribution in [0.15, 0.2) is 12.3 Å². The molecule has 0 N–H and O–H groups in total. The smallest absolute Gasteiger partial charge is 0.313 e. The summed E-state index contributed by atoms with van der Waals surface area (Å²) in [6.07, 6.45) is 1.30. The minimum absolute atomic E-state index is 0.0941. The molecule has 5 nitrogen and oxygen atoms in total. The molecule has 0 aliphatic carbocycles. The zero-order valence-electron chi connectivity index (χ0n) is 9.06. The van der Waals surface area contributed by atoms with E-state index >= 15 is 0 Å². The Labute approximate surface area is 88.0 Å². The van der Waals surface area contributed by atoms with Crippen molar-refractivity contribution < 1.29 is 14.3 Å². The molecule has 1 aromatic heterocycles. The van der Waals surface area contributed by atoms with Gasteiger partial charge < -0.3 is 4.74 Å². The van der Waals surface area contributed by atoms with E-state index in [9.17, 15) is 9.59 Å². The van der Waals surface area contributed by atoms with Crippen molar-refractivity contribution in [2.75, 3.05) is 7.11 Å². The molecule has 1 rings (SSSR count). The summed E-state index contributed by atoms with van der Waals surface area (Å²) < 4.78 is 6.02. The van der Waals surface area contributed by atoms with E-state index in [1.807, 2.05) is 13.8 Å². The lowest BCUT2D eigenvalue weighted by molar-refractivity contribution is -0.139. The molecule has 0 saturated heterocycles. The molecule has 82 valence electrons. The molecule has 0 saturated carbocycles. The van der Waals surface area contributed by atoms with Crippen molar-refractivity contribution in [2.24, 2.45) is 0 Å². The van der Waals surface area contributed by atoms with Crippen LogP contribution in [0.5, 0.6) is 0 Å². The number of methoxy groups -OCH3 is 1. The van der Waals surface area contributed by atoms with Gasteiger partial charge in [0.25, 0.3) is 0 Å². The summed E-state index contributed by atoms with van der Waals surface area (Å²) >= 11 is 0. The highest BCUT2D eigenvalue weighted by atomic mass is 16.5. The van der Waals surface area contributed by atoms with Crippen LogP contribution < -0.4 is 0 Å². The van der Waals surface area contributed by atoms with Crippen LogP contribution in [0.1, 0.15) is 36.8 Å². The topological polar surface area (TPSA) is 61.2 Å². The van der Waals surface area contributed by atoms with E-state index in [1.165, 1.54) is 7.11 Å². The van der Waals surface area contributed by atoms with Crippen LogP contribution in [0.2, 0.25) is 0 Å². The summed E-state index contributed by atoms with van der Waals surface area (Å²) in [7, 11) is 1.26. The molecule has 1 aromatic rings. The molecule has 0 fully saturated rings. The van der Waals surface area contributed by atoms with E-state index in [1.54, 1.807) is 16.9 Å². The molecular formula is C10H14N2O3. The predicted octanol–water partition coefficient (Wildman–Crippen LogP) is 1.21. The van der Waals surface area contributed by atoms with E-state index in [4.69, 9.17) is 0 Å². The molecule has 0 radical (unpaired) electrons. The summed E-state index contributed by atoms with van der Waals surface area (Å²) in [5, 5.41) is 4.01. The average molecular weight is 210 g/mol. The van der Waals surface area contributed by atoms with Gasteiger partial charge in [0.1, 0.15) is 12.1 Å². The number of ketones is 1. The predicted molar refractivity (Wildman–Crippen MR) is 53.6 cm³/mol. The van der Waals surface area contributed by atoms with Crippen molar-refractivity contribution in [3.8, 4) is 0 Å². The van der Waals surface area contributed by atoms with Gasteiger partial charge in [0.05, 0.1) is 7.11 Å². The Kier molecular flexibility index (Phi) is 3.60. The van der Waals surface area contributed by atoms with E-state index < -0.39 is 5.97 Å². The summed E-state index contributed by atoms with van der Waals surface area (Å²) in [5.74, 6) is -0.801. The number of hydrogen-bond donors (Lipinski definition) is 0. The maximum absolute atomic E-state index is 11.6. The van der Waals surface area contributed by atoms with Gasteiger partial charge in [-0.3, -0.25) is 14.3 Å². The Balaban J connectivity index is 2.82. The number of hydrogen-bond acceptors (Lipinski definition) is 4. The molecule has 5 heteroatoms. The van der Waals surface area contributed by atoms with Crippen LogP contribution in [0, 0.1) is 0 Å². The lowest BCUT2D eigenvalue weighted by Crippen LogP contribution is -2.16. The molecular weight excluding hydrogens is 196 g/mol. The van der Waals surface area contributed by atoms with E-state index in [2.05, 4.69) is 9.84 Å². The lowest BCUT2D eigenvalue weighted by Gasteiger charge is -2.09. The van der Waals surface area contributed by atoms with Crippen LogP contribution in [0.3, 0.4) is 0 Å². The van der Waals surface area contributed by atoms with Crippen molar-refractivity contribution in [1.82, 2.24) is 9.78 Å². The molecule has 0 amide bonds. The van der Waals surface area contributed by atoms with E-state index in [0.717, 1.165) is 0 Å². The molecule has 0 aliphatic rings. The van der Waals surface area contributed by atoms with Gasteiger partial charge in [-0.15, -0.1) is 0 Å². The second kappa shape index (κ2) is 4.72. The third kappa shape index (κ3) is 2.65. The summed E-state index contributed by atoms with van der Waals surface area (Å²) in [5.41, 5.74) is 0.440. The molecule has 0 aliphatic heterocycles. The van der Waals surface area contributed by atoms with Crippen molar-refractivity contribution in [3.63, 3.8) is 0 Å². The highest BCUT2D eigenvalue weighted by Gasteiger charge is 2.17. The number of aromatic nitrogens is 2.